The van der Waals surface area contributed by atoms with Gasteiger partial charge >= 0.3 is 0 Å². The third kappa shape index (κ3) is 4.39. The summed E-state index contributed by atoms with van der Waals surface area (Å²) in [4.78, 5) is 12.3. The van der Waals surface area contributed by atoms with Crippen molar-refractivity contribution in [1.29, 1.82) is 0 Å². The Hall–Kier alpha value is -2.69. The fourth-order valence-corrected chi connectivity index (χ4v) is 2.32. The van der Waals surface area contributed by atoms with Gasteiger partial charge in [-0.2, -0.15) is 0 Å². The molecule has 3 N–H and O–H groups in total. The van der Waals surface area contributed by atoms with E-state index in [9.17, 15) is 4.79 Å². The smallest absolute Gasteiger partial charge is 0.225 e. The van der Waals surface area contributed by atoms with Gasteiger partial charge in [-0.3, -0.25) is 4.79 Å². The summed E-state index contributed by atoms with van der Waals surface area (Å²) in [6.07, 6.45) is 0.351. The van der Waals surface area contributed by atoms with Crippen LogP contribution in [0.2, 0.25) is 0 Å². The summed E-state index contributed by atoms with van der Waals surface area (Å²) in [5.41, 5.74) is 8.01. The first-order valence-corrected chi connectivity index (χ1v) is 7.40. The molecule has 122 valence electrons. The van der Waals surface area contributed by atoms with Crippen LogP contribution in [0.3, 0.4) is 0 Å². The summed E-state index contributed by atoms with van der Waals surface area (Å²) in [6, 6.07) is 12.9. The topological polar surface area (TPSA) is 73.6 Å². The van der Waals surface area contributed by atoms with Crippen LogP contribution >= 0.6 is 0 Å². The van der Waals surface area contributed by atoms with Crippen molar-refractivity contribution in [3.63, 3.8) is 0 Å². The fraction of sp³-hybridized carbons (Fsp3) is 0.278. The Balaban J connectivity index is 2.04. The van der Waals surface area contributed by atoms with Gasteiger partial charge in [-0.25, -0.2) is 0 Å². The van der Waals surface area contributed by atoms with Gasteiger partial charge in [-0.15, -0.1) is 0 Å². The number of nitrogens with two attached hydrogens (primary N) is 1. The van der Waals surface area contributed by atoms with Gasteiger partial charge in [-0.1, -0.05) is 19.1 Å². The van der Waals surface area contributed by atoms with E-state index in [2.05, 4.69) is 5.32 Å². The minimum atomic E-state index is -0.0970. The first-order valence-electron chi connectivity index (χ1n) is 7.40. The van der Waals surface area contributed by atoms with Crippen LogP contribution < -0.4 is 20.5 Å². The van der Waals surface area contributed by atoms with Gasteiger partial charge < -0.3 is 20.5 Å². The van der Waals surface area contributed by atoms with Crippen LogP contribution in [0.25, 0.3) is 0 Å². The van der Waals surface area contributed by atoms with E-state index in [4.69, 9.17) is 15.2 Å². The first-order chi connectivity index (χ1) is 11.0. The Labute approximate surface area is 136 Å². The summed E-state index contributed by atoms with van der Waals surface area (Å²) >= 11 is 0. The van der Waals surface area contributed by atoms with Crippen molar-refractivity contribution in [2.75, 3.05) is 25.3 Å². The predicted molar refractivity (Wildman–Crippen MR) is 92.1 cm³/mol. The van der Waals surface area contributed by atoms with Crippen molar-refractivity contribution in [2.24, 2.45) is 0 Å². The lowest BCUT2D eigenvalue weighted by atomic mass is 9.97. The van der Waals surface area contributed by atoms with Crippen molar-refractivity contribution in [3.05, 3.63) is 48.0 Å². The Kier molecular flexibility index (Phi) is 5.46. The number of amides is 1. The molecule has 2 rings (SSSR count). The molecule has 1 atom stereocenters. The molecule has 0 saturated heterocycles. The van der Waals surface area contributed by atoms with Crippen LogP contribution in [0.4, 0.5) is 11.4 Å². The predicted octanol–water partition coefficient (Wildman–Crippen LogP) is 3.42. The third-order valence-corrected chi connectivity index (χ3v) is 3.69. The lowest BCUT2D eigenvalue weighted by Crippen LogP contribution is -2.15. The van der Waals surface area contributed by atoms with E-state index in [0.717, 1.165) is 11.3 Å². The molecule has 0 heterocycles. The second kappa shape index (κ2) is 7.54. The number of carbonyl (C=O) groups excluding carboxylic acids is 1. The van der Waals surface area contributed by atoms with E-state index in [1.807, 2.05) is 31.2 Å². The molecule has 5 heteroatoms. The van der Waals surface area contributed by atoms with Gasteiger partial charge in [0, 0.05) is 12.5 Å². The number of nitrogen functional groups attached to an aromatic ring is 1. The SMILES string of the molecule is COc1cccc(C(C)CC(=O)Nc2cc(OC)ccc2N)c1. The van der Waals surface area contributed by atoms with Crippen LogP contribution in [0, 0.1) is 0 Å². The zero-order chi connectivity index (χ0) is 16.8. The molecule has 0 bridgehead atoms. The molecule has 0 radical (unpaired) electrons. The molecule has 0 spiro atoms. The number of hydrogen-bond acceptors (Lipinski definition) is 4. The maximum absolute atomic E-state index is 12.3. The van der Waals surface area contributed by atoms with Crippen molar-refractivity contribution < 1.29 is 14.3 Å². The Bertz CT molecular complexity index is 686. The molecular formula is C18H22N2O3. The molecule has 0 fully saturated rings. The molecule has 0 aliphatic carbocycles. The molecule has 1 unspecified atom stereocenters. The number of rotatable bonds is 6. The zero-order valence-corrected chi connectivity index (χ0v) is 13.6. The van der Waals surface area contributed by atoms with Crippen molar-refractivity contribution in [2.45, 2.75) is 19.3 Å². The number of carbonyl (C=O) groups is 1. The molecule has 0 aliphatic rings. The number of hydrogen-bond donors (Lipinski definition) is 2. The van der Waals surface area contributed by atoms with E-state index in [1.165, 1.54) is 0 Å². The molecule has 0 saturated carbocycles. The molecule has 0 aromatic heterocycles. The fourth-order valence-electron chi connectivity index (χ4n) is 2.32. The van der Waals surface area contributed by atoms with E-state index in [-0.39, 0.29) is 11.8 Å². The standard InChI is InChI=1S/C18H22N2O3/c1-12(13-5-4-6-14(10-13)22-2)9-18(21)20-17-11-15(23-3)7-8-16(17)19/h4-8,10-12H,9,19H2,1-3H3,(H,20,21). The lowest BCUT2D eigenvalue weighted by molar-refractivity contribution is -0.116. The average Bonchev–Trinajstić information content (AvgIpc) is 2.56. The molecule has 5 nitrogen and oxygen atoms in total. The lowest BCUT2D eigenvalue weighted by Gasteiger charge is -2.14. The maximum Gasteiger partial charge on any atom is 0.225 e. The van der Waals surface area contributed by atoms with E-state index >= 15 is 0 Å². The quantitative estimate of drug-likeness (QED) is 0.801. The Morgan fingerprint density at radius 2 is 1.83 bits per heavy atom. The molecule has 2 aromatic rings. The van der Waals surface area contributed by atoms with E-state index < -0.39 is 0 Å². The second-order valence-electron chi connectivity index (χ2n) is 5.38. The van der Waals surface area contributed by atoms with Gasteiger partial charge in [0.15, 0.2) is 0 Å². The van der Waals surface area contributed by atoms with Crippen LogP contribution in [-0.2, 0) is 4.79 Å². The highest BCUT2D eigenvalue weighted by atomic mass is 16.5. The van der Waals surface area contributed by atoms with Crippen LogP contribution in [-0.4, -0.2) is 20.1 Å². The third-order valence-electron chi connectivity index (χ3n) is 3.69. The second-order valence-corrected chi connectivity index (χ2v) is 5.38. The highest BCUT2D eigenvalue weighted by molar-refractivity contribution is 5.94. The number of ether oxygens (including phenoxy) is 2. The van der Waals surface area contributed by atoms with Crippen LogP contribution in [0.15, 0.2) is 42.5 Å². The van der Waals surface area contributed by atoms with Gasteiger partial charge in [0.1, 0.15) is 11.5 Å². The summed E-state index contributed by atoms with van der Waals surface area (Å²) in [7, 11) is 3.20. The van der Waals surface area contributed by atoms with E-state index in [0.29, 0.717) is 23.5 Å². The maximum atomic E-state index is 12.3. The van der Waals surface area contributed by atoms with Gasteiger partial charge in [0.2, 0.25) is 5.91 Å². The highest BCUT2D eigenvalue weighted by Crippen LogP contribution is 2.27. The minimum Gasteiger partial charge on any atom is -0.497 e. The average molecular weight is 314 g/mol. The summed E-state index contributed by atoms with van der Waals surface area (Å²) < 4.78 is 10.4. The molecule has 1 amide bonds. The zero-order valence-electron chi connectivity index (χ0n) is 13.6. The molecule has 23 heavy (non-hydrogen) atoms. The van der Waals surface area contributed by atoms with Crippen LogP contribution in [0.5, 0.6) is 11.5 Å². The van der Waals surface area contributed by atoms with Crippen molar-refractivity contribution in [3.8, 4) is 11.5 Å². The van der Waals surface area contributed by atoms with Gasteiger partial charge in [-0.05, 0) is 35.7 Å². The largest absolute Gasteiger partial charge is 0.497 e. The molecule has 2 aromatic carbocycles. The Morgan fingerprint density at radius 3 is 2.52 bits per heavy atom. The van der Waals surface area contributed by atoms with E-state index in [1.54, 1.807) is 32.4 Å². The highest BCUT2D eigenvalue weighted by Gasteiger charge is 2.13. The summed E-state index contributed by atoms with van der Waals surface area (Å²) in [5, 5.41) is 2.84. The number of nitrogens with one attached hydrogen (secondary N) is 1. The number of benzene rings is 2. The van der Waals surface area contributed by atoms with Crippen molar-refractivity contribution in [1.82, 2.24) is 0 Å². The monoisotopic (exact) mass is 314 g/mol. The normalized spacial score (nSPS) is 11.6. The number of methoxy groups -OCH3 is 2. The van der Waals surface area contributed by atoms with Crippen molar-refractivity contribution >= 4 is 17.3 Å². The molecular weight excluding hydrogens is 292 g/mol. The van der Waals surface area contributed by atoms with Gasteiger partial charge in [0.05, 0.1) is 25.6 Å². The van der Waals surface area contributed by atoms with Gasteiger partial charge in [0.25, 0.3) is 0 Å². The minimum absolute atomic E-state index is 0.0666. The van der Waals surface area contributed by atoms with Crippen LogP contribution in [0.1, 0.15) is 24.8 Å². The first kappa shape index (κ1) is 16.7. The summed E-state index contributed by atoms with van der Waals surface area (Å²) in [6.45, 7) is 2.00. The molecule has 0 aliphatic heterocycles. The number of anilines is 2. The Morgan fingerprint density at radius 1 is 1.13 bits per heavy atom. The summed E-state index contributed by atoms with van der Waals surface area (Å²) in [5.74, 6) is 1.40.